The van der Waals surface area contributed by atoms with E-state index >= 15 is 0 Å². The summed E-state index contributed by atoms with van der Waals surface area (Å²) in [4.78, 5) is 9.87. The second-order valence-corrected chi connectivity index (χ2v) is 6.86. The van der Waals surface area contributed by atoms with Crippen LogP contribution in [0.15, 0.2) is 17.3 Å². The highest BCUT2D eigenvalue weighted by Crippen LogP contribution is 2.10. The van der Waals surface area contributed by atoms with Gasteiger partial charge in [0.25, 0.3) is 0 Å². The van der Waals surface area contributed by atoms with Crippen LogP contribution in [0.25, 0.3) is 0 Å². The minimum Gasteiger partial charge on any atom is -0.356 e. The lowest BCUT2D eigenvalue weighted by Crippen LogP contribution is -2.39. The van der Waals surface area contributed by atoms with Crippen molar-refractivity contribution in [3.8, 4) is 0 Å². The quantitative estimate of drug-likeness (QED) is 0.288. The third-order valence-electron chi connectivity index (χ3n) is 3.47. The van der Waals surface area contributed by atoms with Gasteiger partial charge in [0.15, 0.2) is 5.96 Å². The first-order valence-electron chi connectivity index (χ1n) is 7.95. The normalized spacial score (nSPS) is 11.2. The molecule has 8 heteroatoms. The van der Waals surface area contributed by atoms with Crippen LogP contribution in [-0.4, -0.2) is 40.9 Å². The predicted octanol–water partition coefficient (Wildman–Crippen LogP) is 2.68. The summed E-state index contributed by atoms with van der Waals surface area (Å²) in [7, 11) is 1.80. The maximum atomic E-state index is 4.47. The Balaban J connectivity index is 0.00000288. The van der Waals surface area contributed by atoms with Crippen molar-refractivity contribution in [3.05, 3.63) is 33.5 Å². The molecule has 0 aliphatic carbocycles. The number of aromatic nitrogens is 3. The number of aryl methyl sites for hydroxylation is 4. The van der Waals surface area contributed by atoms with E-state index in [1.807, 2.05) is 13.1 Å². The van der Waals surface area contributed by atoms with Crippen molar-refractivity contribution >= 4 is 41.3 Å². The molecule has 0 amide bonds. The lowest BCUT2D eigenvalue weighted by atomic mass is 10.4. The van der Waals surface area contributed by atoms with Crippen LogP contribution in [0, 0.1) is 20.8 Å². The summed E-state index contributed by atoms with van der Waals surface area (Å²) < 4.78 is 2.05. The van der Waals surface area contributed by atoms with E-state index in [9.17, 15) is 0 Å². The molecule has 0 aromatic carbocycles. The van der Waals surface area contributed by atoms with Gasteiger partial charge in [0.05, 0.1) is 10.7 Å². The molecule has 24 heavy (non-hydrogen) atoms. The van der Waals surface area contributed by atoms with Crippen molar-refractivity contribution in [3.63, 3.8) is 0 Å². The Labute approximate surface area is 165 Å². The van der Waals surface area contributed by atoms with Gasteiger partial charge in [0.2, 0.25) is 0 Å². The number of thiazole rings is 1. The molecule has 134 valence electrons. The van der Waals surface area contributed by atoms with Gasteiger partial charge < -0.3 is 10.6 Å². The van der Waals surface area contributed by atoms with Gasteiger partial charge >= 0.3 is 0 Å². The summed E-state index contributed by atoms with van der Waals surface area (Å²) in [6, 6.07) is 2.11. The Hall–Kier alpha value is -1.16. The SMILES string of the molecule is CN=C(NCCCn1nc(C)cc1C)NCCc1ncc(C)s1.I. The standard InChI is InChI=1S/C16H26N6S.HI/c1-12-10-13(2)22(21-12)9-5-7-18-16(17-4)19-8-6-15-20-11-14(3)23-15;/h10-11H,5-9H2,1-4H3,(H2,17,18,19);1H. The zero-order valence-electron chi connectivity index (χ0n) is 14.8. The highest BCUT2D eigenvalue weighted by atomic mass is 127. The predicted molar refractivity (Wildman–Crippen MR) is 112 cm³/mol. The summed E-state index contributed by atoms with van der Waals surface area (Å²) >= 11 is 1.75. The molecule has 2 aromatic heterocycles. The second-order valence-electron chi connectivity index (χ2n) is 5.54. The number of rotatable bonds is 7. The van der Waals surface area contributed by atoms with E-state index in [0.717, 1.165) is 49.1 Å². The number of guanidine groups is 1. The molecule has 2 heterocycles. The van der Waals surface area contributed by atoms with Crippen molar-refractivity contribution in [2.75, 3.05) is 20.1 Å². The van der Waals surface area contributed by atoms with Crippen LogP contribution in [0.1, 0.15) is 27.7 Å². The highest BCUT2D eigenvalue weighted by Gasteiger charge is 2.02. The van der Waals surface area contributed by atoms with Crippen LogP contribution < -0.4 is 10.6 Å². The Kier molecular flexibility index (Phi) is 9.27. The molecule has 0 atom stereocenters. The largest absolute Gasteiger partial charge is 0.356 e. The van der Waals surface area contributed by atoms with Crippen LogP contribution in [-0.2, 0) is 13.0 Å². The van der Waals surface area contributed by atoms with E-state index in [1.54, 1.807) is 18.4 Å². The van der Waals surface area contributed by atoms with Crippen LogP contribution in [0.4, 0.5) is 0 Å². The first-order valence-corrected chi connectivity index (χ1v) is 8.77. The van der Waals surface area contributed by atoms with Crippen molar-refractivity contribution in [1.29, 1.82) is 0 Å². The molecule has 2 aromatic rings. The summed E-state index contributed by atoms with van der Waals surface area (Å²) in [5.74, 6) is 0.839. The molecule has 0 bridgehead atoms. The zero-order valence-corrected chi connectivity index (χ0v) is 17.9. The van der Waals surface area contributed by atoms with Gasteiger partial charge in [-0.25, -0.2) is 4.98 Å². The van der Waals surface area contributed by atoms with E-state index in [1.165, 1.54) is 10.6 Å². The summed E-state index contributed by atoms with van der Waals surface area (Å²) in [6.07, 6.45) is 3.85. The van der Waals surface area contributed by atoms with Crippen LogP contribution >= 0.6 is 35.3 Å². The first-order chi connectivity index (χ1) is 11.1. The molecule has 0 radical (unpaired) electrons. The van der Waals surface area contributed by atoms with Crippen LogP contribution in [0.3, 0.4) is 0 Å². The average molecular weight is 462 g/mol. The van der Waals surface area contributed by atoms with Gasteiger partial charge in [0, 0.05) is 49.9 Å². The van der Waals surface area contributed by atoms with Gasteiger partial charge in [-0.3, -0.25) is 9.67 Å². The van der Waals surface area contributed by atoms with E-state index in [2.05, 4.69) is 50.3 Å². The molecule has 0 saturated heterocycles. The van der Waals surface area contributed by atoms with Crippen LogP contribution in [0.5, 0.6) is 0 Å². The van der Waals surface area contributed by atoms with Gasteiger partial charge in [-0.05, 0) is 33.3 Å². The smallest absolute Gasteiger partial charge is 0.190 e. The maximum absolute atomic E-state index is 4.47. The number of hydrogen-bond acceptors (Lipinski definition) is 4. The topological polar surface area (TPSA) is 67.1 Å². The average Bonchev–Trinajstić information content (AvgIpc) is 3.07. The number of hydrogen-bond donors (Lipinski definition) is 2. The summed E-state index contributed by atoms with van der Waals surface area (Å²) in [5, 5.41) is 12.3. The Bertz CT molecular complexity index is 649. The fraction of sp³-hybridized carbons (Fsp3) is 0.562. The number of aliphatic imine (C=N–C) groups is 1. The third kappa shape index (κ3) is 6.76. The molecule has 0 aliphatic rings. The minimum atomic E-state index is 0. The van der Waals surface area contributed by atoms with Crippen molar-refractivity contribution in [1.82, 2.24) is 25.4 Å². The molecule has 2 rings (SSSR count). The molecule has 6 nitrogen and oxygen atoms in total. The Morgan fingerprint density at radius 3 is 2.58 bits per heavy atom. The molecular weight excluding hydrogens is 435 g/mol. The van der Waals surface area contributed by atoms with E-state index in [-0.39, 0.29) is 24.0 Å². The second kappa shape index (κ2) is 10.7. The summed E-state index contributed by atoms with van der Waals surface area (Å²) in [5.41, 5.74) is 2.29. The van der Waals surface area contributed by atoms with E-state index < -0.39 is 0 Å². The first kappa shape index (κ1) is 20.9. The zero-order chi connectivity index (χ0) is 16.7. The van der Waals surface area contributed by atoms with Gasteiger partial charge in [-0.15, -0.1) is 35.3 Å². The Morgan fingerprint density at radius 1 is 1.25 bits per heavy atom. The van der Waals surface area contributed by atoms with Crippen molar-refractivity contribution in [2.45, 2.75) is 40.2 Å². The lowest BCUT2D eigenvalue weighted by molar-refractivity contribution is 0.555. The van der Waals surface area contributed by atoms with Crippen molar-refractivity contribution in [2.24, 2.45) is 4.99 Å². The number of nitrogens with zero attached hydrogens (tertiary/aromatic N) is 4. The fourth-order valence-electron chi connectivity index (χ4n) is 2.36. The monoisotopic (exact) mass is 462 g/mol. The highest BCUT2D eigenvalue weighted by molar-refractivity contribution is 14.0. The number of nitrogens with one attached hydrogen (secondary N) is 2. The van der Waals surface area contributed by atoms with E-state index in [0.29, 0.717) is 0 Å². The van der Waals surface area contributed by atoms with E-state index in [4.69, 9.17) is 0 Å². The molecule has 0 spiro atoms. The molecule has 0 fully saturated rings. The third-order valence-corrected chi connectivity index (χ3v) is 4.44. The fourth-order valence-corrected chi connectivity index (χ4v) is 3.15. The Morgan fingerprint density at radius 2 is 2.00 bits per heavy atom. The maximum Gasteiger partial charge on any atom is 0.190 e. The summed E-state index contributed by atoms with van der Waals surface area (Å²) in [6.45, 7) is 8.82. The molecule has 0 saturated carbocycles. The molecule has 0 unspecified atom stereocenters. The number of halogens is 1. The van der Waals surface area contributed by atoms with Gasteiger partial charge in [-0.2, -0.15) is 5.10 Å². The molecule has 2 N–H and O–H groups in total. The van der Waals surface area contributed by atoms with Crippen LogP contribution in [0.2, 0.25) is 0 Å². The molecule has 0 aliphatic heterocycles. The molecular formula is C16H27IN6S. The van der Waals surface area contributed by atoms with Gasteiger partial charge in [0.1, 0.15) is 0 Å². The van der Waals surface area contributed by atoms with Crippen molar-refractivity contribution < 1.29 is 0 Å². The van der Waals surface area contributed by atoms with Gasteiger partial charge in [-0.1, -0.05) is 0 Å². The minimum absolute atomic E-state index is 0. The lowest BCUT2D eigenvalue weighted by Gasteiger charge is -2.11.